The smallest absolute Gasteiger partial charge is 1.00 e. The number of carbonyl (C=O) groups excluding carboxylic acids is 6. The third-order valence-corrected chi connectivity index (χ3v) is 22.9. The Morgan fingerprint density at radius 2 is 0.787 bits per heavy atom. The van der Waals surface area contributed by atoms with Crippen LogP contribution in [0, 0.1) is 21.7 Å². The summed E-state index contributed by atoms with van der Waals surface area (Å²) >= 11 is 0. The molecule has 0 saturated heterocycles. The fourth-order valence-electron chi connectivity index (χ4n) is 16.4. The van der Waals surface area contributed by atoms with Gasteiger partial charge < -0.3 is 96.8 Å². The van der Waals surface area contributed by atoms with Crippen LogP contribution in [-0.4, -0.2) is 65.0 Å². The van der Waals surface area contributed by atoms with Gasteiger partial charge >= 0.3 is 23.0 Å². The van der Waals surface area contributed by atoms with Crippen LogP contribution in [-0.2, 0) is 64.2 Å². The van der Waals surface area contributed by atoms with Crippen molar-refractivity contribution in [2.24, 2.45) is 28.7 Å². The summed E-state index contributed by atoms with van der Waals surface area (Å²) in [5.41, 5.74) is 9.66. The molecule has 4 aromatic heterocycles. The molecular weight excluding hydrogens is 1590 g/mol. The number of fused-ring (bicyclic) bond motifs is 8. The molecule has 22 heteroatoms. The number of ether oxygens (including phenoxy) is 1. The van der Waals surface area contributed by atoms with Crippen LogP contribution in [0.25, 0.3) is 90.6 Å². The molecule has 6 aliphatic rings. The van der Waals surface area contributed by atoms with Crippen LogP contribution in [0.5, 0.6) is 0 Å². The first-order valence-corrected chi connectivity index (χ1v) is 37.6. The molecular formula is C86H95Br3FeN11O7. The number of nitrogens with zero attached hydrogens (tertiary/aromatic N) is 4. The van der Waals surface area contributed by atoms with Crippen LogP contribution >= 0.6 is 0 Å². The quantitative estimate of drug-likeness (QED) is 0.0298. The van der Waals surface area contributed by atoms with E-state index in [-0.39, 0.29) is 135 Å². The fourth-order valence-corrected chi connectivity index (χ4v) is 16.4. The maximum atomic E-state index is 15.0. The molecule has 0 atom stereocenters. The topological polar surface area (TPSA) is 247 Å². The van der Waals surface area contributed by atoms with Gasteiger partial charge in [0.15, 0.2) is 5.76 Å². The summed E-state index contributed by atoms with van der Waals surface area (Å²) in [6, 6.07) is 38.9. The fraction of sp³-hybridized carbons (Fsp3) is 0.384. The summed E-state index contributed by atoms with van der Waals surface area (Å²) in [7, 11) is 1.86. The predicted octanol–water partition coefficient (Wildman–Crippen LogP) is 10.1. The zero-order valence-electron chi connectivity index (χ0n) is 62.0. The Labute approximate surface area is 674 Å². The van der Waals surface area contributed by atoms with Crippen molar-refractivity contribution in [3.8, 4) is 44.5 Å². The number of para-hydroxylation sites is 4. The van der Waals surface area contributed by atoms with Crippen molar-refractivity contribution in [1.29, 1.82) is 0 Å². The van der Waals surface area contributed by atoms with Crippen molar-refractivity contribution in [2.45, 2.75) is 182 Å². The predicted molar refractivity (Wildman–Crippen MR) is 414 cm³/mol. The molecule has 8 bridgehead atoms. The van der Waals surface area contributed by atoms with Gasteiger partial charge in [0.25, 0.3) is 0 Å². The monoisotopic (exact) mass is 1690 g/mol. The van der Waals surface area contributed by atoms with Crippen LogP contribution in [0.2, 0.25) is 0 Å². The molecule has 4 aromatic carbocycles. The number of amides is 5. The van der Waals surface area contributed by atoms with Gasteiger partial charge in [0.05, 0.1) is 35.6 Å². The molecule has 565 valence electrons. The van der Waals surface area contributed by atoms with Gasteiger partial charge in [-0.05, 0) is 118 Å². The standard InChI is InChI=1S/C86H95N11O7.3BrH.Fe/c1-83(43-18-6-19-44-83)79(100)93-60-31-14-10-27-56(60)74-64-37-38-65(89-64)75(57-28-11-15-32-61(57)94-80(101)84(2)45-20-7-21-46-84)67-41-42-69(91-67)77(59-30-13-17-34-63(59)96-82(103)86(4)49-24-9-25-50-86)78-71(104-73(99)36-26-35-72(98)87-52-55-53-97(5)54-88-55)51-70(92-78)76(68-40-39-66(74)90-68)58-29-12-16-33-62(58)95-81(102)85(3)47-22-8-23-48-85;;;;/h10-17,27-34,37-42,51,53-54,90-91H,6-9,18-26,35-36,43-50,52H2,1-5H3,(H,87,98)(H,93,100)(H,94,101)(H,95,102)(H,96,103);3*1H;/q;;;;+3/p-3. The van der Waals surface area contributed by atoms with E-state index in [0.29, 0.717) is 112 Å². The molecule has 0 unspecified atom stereocenters. The summed E-state index contributed by atoms with van der Waals surface area (Å²) in [5, 5.41) is 16.6. The molecule has 14 rings (SSSR count). The number of halogens is 3. The first-order valence-electron chi connectivity index (χ1n) is 37.6. The van der Waals surface area contributed by atoms with Crippen LogP contribution < -0.4 is 77.5 Å². The summed E-state index contributed by atoms with van der Waals surface area (Å²) < 4.78 is 8.54. The van der Waals surface area contributed by atoms with Gasteiger partial charge in [-0.15, -0.1) is 0 Å². The molecule has 0 spiro atoms. The maximum absolute atomic E-state index is 15.0. The number of esters is 1. The van der Waals surface area contributed by atoms with Crippen LogP contribution in [0.1, 0.15) is 204 Å². The Kier molecular flexibility index (Phi) is 26.9. The van der Waals surface area contributed by atoms with E-state index in [1.165, 1.54) is 0 Å². The van der Waals surface area contributed by atoms with Gasteiger partial charge in [-0.1, -0.05) is 178 Å². The average molecular weight is 1690 g/mol. The number of H-pyrrole nitrogens is 2. The second-order valence-electron chi connectivity index (χ2n) is 30.8. The summed E-state index contributed by atoms with van der Waals surface area (Å²) in [4.78, 5) is 111. The Morgan fingerprint density at radius 1 is 0.444 bits per heavy atom. The van der Waals surface area contributed by atoms with E-state index >= 15 is 0 Å². The van der Waals surface area contributed by atoms with Crippen LogP contribution in [0.3, 0.4) is 0 Å². The Hall–Kier alpha value is -8.53. The SMILES string of the molecule is Cn1cnc(CNC(=O)CCCC(=O)OC2=Cc3nc2c(-c2ccccc2NC(=O)C2(C)CCCCC2)c2ccc([nH]2)c(-c2ccccc2NC(=O)C2(C)CCCCC2)c2nc(c(-c4ccccc4NC(=O)C4(C)CCCCC4)c4ccc([nH]4)c3-c3ccccc3NC(=O)C3(C)CCCCC3)C=C2)c1.[Br-].[Br-].[Br-].[Fe+3]. The average Bonchev–Trinajstić information content (AvgIpc) is 1.58. The molecule has 6 heterocycles. The van der Waals surface area contributed by atoms with Crippen molar-refractivity contribution in [3.63, 3.8) is 0 Å². The van der Waals surface area contributed by atoms with Gasteiger partial charge in [-0.2, -0.15) is 0 Å². The number of anilines is 4. The largest absolute Gasteiger partial charge is 3.00 e. The van der Waals surface area contributed by atoms with E-state index in [9.17, 15) is 28.8 Å². The van der Waals surface area contributed by atoms with Gasteiger partial charge in [0.2, 0.25) is 29.5 Å². The first kappa shape index (κ1) is 82.0. The minimum absolute atomic E-state index is 0. The number of aryl methyl sites for hydroxylation is 1. The van der Waals surface area contributed by atoms with Gasteiger partial charge in [-0.3, -0.25) is 28.8 Å². The van der Waals surface area contributed by atoms with Crippen molar-refractivity contribution in [1.82, 2.24) is 34.8 Å². The zero-order chi connectivity index (χ0) is 72.2. The number of aromatic amines is 2. The second-order valence-corrected chi connectivity index (χ2v) is 30.8. The molecule has 108 heavy (non-hydrogen) atoms. The van der Waals surface area contributed by atoms with Crippen molar-refractivity contribution in [2.75, 3.05) is 21.3 Å². The van der Waals surface area contributed by atoms with Crippen molar-refractivity contribution >= 4 is 104 Å². The third kappa shape index (κ3) is 17.7. The van der Waals surface area contributed by atoms with Gasteiger partial charge in [-0.25, -0.2) is 15.0 Å². The number of carbonyl (C=O) groups is 6. The summed E-state index contributed by atoms with van der Waals surface area (Å²) in [5.74, 6) is -1.05. The molecule has 2 aliphatic heterocycles. The number of rotatable bonds is 19. The normalized spacial score (nSPS) is 16.6. The molecule has 5 amide bonds. The molecule has 8 aromatic rings. The van der Waals surface area contributed by atoms with Gasteiger partial charge in [0, 0.05) is 143 Å². The Balaban J connectivity index is 0.00000311. The van der Waals surface area contributed by atoms with E-state index in [1.807, 2.05) is 165 Å². The number of hydrogen-bond donors (Lipinski definition) is 7. The van der Waals surface area contributed by atoms with Crippen molar-refractivity contribution in [3.05, 3.63) is 162 Å². The van der Waals surface area contributed by atoms with Gasteiger partial charge in [0.1, 0.15) is 5.69 Å². The van der Waals surface area contributed by atoms with E-state index in [0.717, 1.165) is 128 Å². The molecule has 4 saturated carbocycles. The van der Waals surface area contributed by atoms with Crippen LogP contribution in [0.4, 0.5) is 22.7 Å². The molecule has 7 N–H and O–H groups in total. The maximum Gasteiger partial charge on any atom is 3.00 e. The Bertz CT molecular complexity index is 4920. The number of aromatic nitrogens is 6. The van der Waals surface area contributed by atoms with Crippen molar-refractivity contribution < 1.29 is 102 Å². The minimum Gasteiger partial charge on any atom is -1.00 e. The first-order chi connectivity index (χ1) is 50.3. The third-order valence-electron chi connectivity index (χ3n) is 22.9. The van der Waals surface area contributed by atoms with Crippen LogP contribution in [0.15, 0.2) is 134 Å². The Morgan fingerprint density at radius 3 is 1.15 bits per heavy atom. The van der Waals surface area contributed by atoms with E-state index in [1.54, 1.807) is 12.4 Å². The zero-order valence-corrected chi connectivity index (χ0v) is 67.9. The summed E-state index contributed by atoms with van der Waals surface area (Å²) in [6.07, 6.45) is 27.3. The number of hydrogen-bond acceptors (Lipinski definition) is 10. The van der Waals surface area contributed by atoms with E-state index < -0.39 is 27.6 Å². The molecule has 18 nitrogen and oxygen atoms in total. The number of nitrogens with one attached hydrogen (secondary N) is 7. The molecule has 4 aliphatic carbocycles. The summed E-state index contributed by atoms with van der Waals surface area (Å²) in [6.45, 7) is 8.45. The van der Waals surface area contributed by atoms with E-state index in [2.05, 4.69) is 55.4 Å². The molecule has 4 fully saturated rings. The van der Waals surface area contributed by atoms with E-state index in [4.69, 9.17) is 14.7 Å². The second kappa shape index (κ2) is 35.4. The molecule has 1 radical (unpaired) electrons. The minimum atomic E-state index is -0.638. The number of benzene rings is 4. The number of imidazole rings is 1.